The zero-order valence-electron chi connectivity index (χ0n) is 14.7. The van der Waals surface area contributed by atoms with Gasteiger partial charge in [0.15, 0.2) is 11.3 Å². The second-order valence-corrected chi connectivity index (χ2v) is 8.67. The molecule has 2 aromatic carbocycles. The first-order chi connectivity index (χ1) is 12.8. The smallest absolute Gasteiger partial charge is 0.294 e. The Morgan fingerprint density at radius 3 is 2.74 bits per heavy atom. The summed E-state index contributed by atoms with van der Waals surface area (Å²) in [6.45, 7) is 2.29. The SMILES string of the molecule is CNS(=O)(=O)c1ccc2c(c1)CCN2C(=O)c1oc2c(Cl)cccc2c1C. The van der Waals surface area contributed by atoms with Crippen molar-refractivity contribution in [3.8, 4) is 0 Å². The molecule has 0 unspecified atom stereocenters. The Morgan fingerprint density at radius 2 is 2.04 bits per heavy atom. The maximum atomic E-state index is 13.1. The summed E-state index contributed by atoms with van der Waals surface area (Å²) < 4.78 is 32.1. The lowest BCUT2D eigenvalue weighted by atomic mass is 10.1. The van der Waals surface area contributed by atoms with Gasteiger partial charge in [-0.3, -0.25) is 4.79 Å². The predicted octanol–water partition coefficient (Wildman–Crippen LogP) is 3.51. The van der Waals surface area contributed by atoms with E-state index in [0.29, 0.717) is 29.3 Å². The Bertz CT molecular complexity index is 1180. The molecule has 0 saturated carbocycles. The van der Waals surface area contributed by atoms with Crippen LogP contribution in [0.5, 0.6) is 0 Å². The summed E-state index contributed by atoms with van der Waals surface area (Å²) in [7, 11) is -2.16. The molecule has 1 amide bonds. The third-order valence-electron chi connectivity index (χ3n) is 4.88. The van der Waals surface area contributed by atoms with E-state index in [1.54, 1.807) is 23.1 Å². The van der Waals surface area contributed by atoms with Crippen molar-refractivity contribution in [3.63, 3.8) is 0 Å². The highest BCUT2D eigenvalue weighted by molar-refractivity contribution is 7.89. The topological polar surface area (TPSA) is 79.6 Å². The molecule has 27 heavy (non-hydrogen) atoms. The van der Waals surface area contributed by atoms with Crippen LogP contribution in [0.3, 0.4) is 0 Å². The molecule has 4 rings (SSSR count). The number of amides is 1. The summed E-state index contributed by atoms with van der Waals surface area (Å²) in [4.78, 5) is 14.9. The molecule has 1 aromatic heterocycles. The van der Waals surface area contributed by atoms with Crippen LogP contribution in [0.25, 0.3) is 11.0 Å². The first-order valence-corrected chi connectivity index (χ1v) is 10.3. The average Bonchev–Trinajstić information content (AvgIpc) is 3.23. The van der Waals surface area contributed by atoms with Crippen molar-refractivity contribution in [2.24, 2.45) is 0 Å². The minimum Gasteiger partial charge on any atom is -0.449 e. The third-order valence-corrected chi connectivity index (χ3v) is 6.59. The summed E-state index contributed by atoms with van der Waals surface area (Å²) in [5.74, 6) is -0.0133. The maximum absolute atomic E-state index is 13.1. The lowest BCUT2D eigenvalue weighted by Gasteiger charge is -2.16. The summed E-state index contributed by atoms with van der Waals surface area (Å²) >= 11 is 6.18. The van der Waals surface area contributed by atoms with Crippen LogP contribution >= 0.6 is 11.6 Å². The number of carbonyl (C=O) groups excluding carboxylic acids is 1. The Hall–Kier alpha value is -2.35. The quantitative estimate of drug-likeness (QED) is 0.724. The maximum Gasteiger partial charge on any atom is 0.294 e. The number of rotatable bonds is 3. The van der Waals surface area contributed by atoms with Crippen LogP contribution in [0.2, 0.25) is 5.02 Å². The lowest BCUT2D eigenvalue weighted by molar-refractivity contribution is 0.0964. The highest BCUT2D eigenvalue weighted by Crippen LogP contribution is 2.35. The van der Waals surface area contributed by atoms with E-state index in [0.717, 1.165) is 16.5 Å². The van der Waals surface area contributed by atoms with Crippen molar-refractivity contribution in [2.45, 2.75) is 18.2 Å². The molecule has 0 atom stereocenters. The van der Waals surface area contributed by atoms with Crippen molar-refractivity contribution < 1.29 is 17.6 Å². The van der Waals surface area contributed by atoms with Gasteiger partial charge in [0.2, 0.25) is 10.0 Å². The molecule has 0 fully saturated rings. The molecule has 1 aliphatic heterocycles. The number of nitrogens with one attached hydrogen (secondary N) is 1. The minimum atomic E-state index is -3.53. The van der Waals surface area contributed by atoms with Crippen molar-refractivity contribution in [1.82, 2.24) is 4.72 Å². The van der Waals surface area contributed by atoms with Gasteiger partial charge >= 0.3 is 0 Å². The molecule has 3 aromatic rings. The molecule has 0 saturated heterocycles. The average molecular weight is 405 g/mol. The van der Waals surface area contributed by atoms with Crippen LogP contribution in [0, 0.1) is 6.92 Å². The van der Waals surface area contributed by atoms with Gasteiger partial charge in [-0.15, -0.1) is 0 Å². The van der Waals surface area contributed by atoms with E-state index in [9.17, 15) is 13.2 Å². The molecule has 6 nitrogen and oxygen atoms in total. The molecular weight excluding hydrogens is 388 g/mol. The standard InChI is InChI=1S/C19H17ClN2O4S/c1-11-14-4-3-5-15(20)18(14)26-17(11)19(23)22-9-8-12-10-13(6-7-16(12)22)27(24,25)21-2/h3-7,10,21H,8-9H2,1-2H3. The van der Waals surface area contributed by atoms with E-state index in [1.165, 1.54) is 13.1 Å². The highest BCUT2D eigenvalue weighted by atomic mass is 35.5. The molecule has 140 valence electrons. The monoisotopic (exact) mass is 404 g/mol. The van der Waals surface area contributed by atoms with Crippen LogP contribution < -0.4 is 9.62 Å². The number of anilines is 1. The van der Waals surface area contributed by atoms with E-state index >= 15 is 0 Å². The molecule has 2 heterocycles. The molecule has 0 radical (unpaired) electrons. The van der Waals surface area contributed by atoms with Gasteiger partial charge in [0.25, 0.3) is 5.91 Å². The van der Waals surface area contributed by atoms with Crippen LogP contribution in [0.4, 0.5) is 5.69 Å². The van der Waals surface area contributed by atoms with E-state index in [2.05, 4.69) is 4.72 Å². The van der Waals surface area contributed by atoms with E-state index < -0.39 is 10.0 Å². The number of hydrogen-bond acceptors (Lipinski definition) is 4. The number of halogens is 1. The van der Waals surface area contributed by atoms with E-state index in [1.807, 2.05) is 19.1 Å². The number of para-hydroxylation sites is 1. The fraction of sp³-hybridized carbons (Fsp3) is 0.211. The summed E-state index contributed by atoms with van der Waals surface area (Å²) in [6.07, 6.45) is 0.578. The molecule has 0 spiro atoms. The second-order valence-electron chi connectivity index (χ2n) is 6.38. The molecular formula is C19H17ClN2O4S. The number of benzene rings is 2. The Balaban J connectivity index is 1.74. The van der Waals surface area contributed by atoms with E-state index in [4.69, 9.17) is 16.0 Å². The minimum absolute atomic E-state index is 0.185. The predicted molar refractivity (Wildman–Crippen MR) is 104 cm³/mol. The summed E-state index contributed by atoms with van der Waals surface area (Å²) in [6, 6.07) is 10.2. The third kappa shape index (κ3) is 2.82. The van der Waals surface area contributed by atoms with Crippen molar-refractivity contribution in [1.29, 1.82) is 0 Å². The van der Waals surface area contributed by atoms with Gasteiger partial charge in [-0.1, -0.05) is 23.7 Å². The Morgan fingerprint density at radius 1 is 1.26 bits per heavy atom. The number of nitrogens with zero attached hydrogens (tertiary/aromatic N) is 1. The molecule has 0 aliphatic carbocycles. The van der Waals surface area contributed by atoms with Crippen LogP contribution in [0.1, 0.15) is 21.7 Å². The zero-order valence-corrected chi connectivity index (χ0v) is 16.3. The Labute approximate surface area is 161 Å². The number of hydrogen-bond donors (Lipinski definition) is 1. The van der Waals surface area contributed by atoms with Gasteiger partial charge in [-0.2, -0.15) is 0 Å². The van der Waals surface area contributed by atoms with Gasteiger partial charge < -0.3 is 9.32 Å². The molecule has 1 N–H and O–H groups in total. The lowest BCUT2D eigenvalue weighted by Crippen LogP contribution is -2.29. The van der Waals surface area contributed by atoms with Crippen LogP contribution in [-0.2, 0) is 16.4 Å². The first kappa shape index (κ1) is 18.0. The Kier molecular flexibility index (Phi) is 4.25. The number of aryl methyl sites for hydroxylation is 1. The largest absolute Gasteiger partial charge is 0.449 e. The number of sulfonamides is 1. The molecule has 8 heteroatoms. The van der Waals surface area contributed by atoms with Crippen molar-refractivity contribution in [2.75, 3.05) is 18.5 Å². The van der Waals surface area contributed by atoms with Crippen molar-refractivity contribution in [3.05, 3.63) is 58.3 Å². The first-order valence-electron chi connectivity index (χ1n) is 8.39. The van der Waals surface area contributed by atoms with Crippen molar-refractivity contribution >= 4 is 44.2 Å². The fourth-order valence-electron chi connectivity index (χ4n) is 3.41. The van der Waals surface area contributed by atoms with Gasteiger partial charge in [0.1, 0.15) is 0 Å². The van der Waals surface area contributed by atoms with Crippen LogP contribution in [0.15, 0.2) is 45.7 Å². The number of furan rings is 1. The molecule has 1 aliphatic rings. The van der Waals surface area contributed by atoms with Gasteiger partial charge in [-0.25, -0.2) is 13.1 Å². The fourth-order valence-corrected chi connectivity index (χ4v) is 4.40. The highest BCUT2D eigenvalue weighted by Gasteiger charge is 2.30. The normalized spacial score (nSPS) is 14.0. The summed E-state index contributed by atoms with van der Waals surface area (Å²) in [5.41, 5.74) is 2.74. The molecule has 0 bridgehead atoms. The van der Waals surface area contributed by atoms with Gasteiger partial charge in [0.05, 0.1) is 9.92 Å². The zero-order chi connectivity index (χ0) is 19.3. The number of fused-ring (bicyclic) bond motifs is 2. The van der Waals surface area contributed by atoms with Gasteiger partial charge in [0, 0.05) is 23.2 Å². The van der Waals surface area contributed by atoms with Gasteiger partial charge in [-0.05, 0) is 50.2 Å². The van der Waals surface area contributed by atoms with E-state index in [-0.39, 0.29) is 16.6 Å². The second kappa shape index (κ2) is 6.37. The number of carbonyl (C=O) groups is 1. The summed E-state index contributed by atoms with van der Waals surface area (Å²) in [5, 5.41) is 1.26. The van der Waals surface area contributed by atoms with Crippen LogP contribution in [-0.4, -0.2) is 27.9 Å².